The Morgan fingerprint density at radius 1 is 1.27 bits per heavy atom. The first kappa shape index (κ1) is 17.4. The van der Waals surface area contributed by atoms with Gasteiger partial charge in [-0.15, -0.1) is 0 Å². The summed E-state index contributed by atoms with van der Waals surface area (Å²) in [6, 6.07) is -1.38. The maximum Gasteiger partial charge on any atom is 0.403 e. The molecule has 0 aromatic carbocycles. The molecule has 2 rings (SSSR count). The fourth-order valence-electron chi connectivity index (χ4n) is 3.00. The normalized spacial score (nSPS) is 27.7. The van der Waals surface area contributed by atoms with E-state index in [2.05, 4.69) is 29.1 Å². The molecule has 1 saturated carbocycles. The monoisotopic (exact) mass is 320 g/mol. The van der Waals surface area contributed by atoms with Gasteiger partial charge in [-0.2, -0.15) is 13.2 Å². The Balaban J connectivity index is 1.79. The van der Waals surface area contributed by atoms with Crippen molar-refractivity contribution in [2.24, 2.45) is 16.3 Å². The van der Waals surface area contributed by atoms with Crippen LogP contribution >= 0.6 is 0 Å². The minimum absolute atomic E-state index is 0.409. The predicted octanol–water partition coefficient (Wildman–Crippen LogP) is 2.18. The lowest BCUT2D eigenvalue weighted by molar-refractivity contribution is -0.181. The molecule has 1 aliphatic carbocycles. The molecule has 2 unspecified atom stereocenters. The van der Waals surface area contributed by atoms with Crippen LogP contribution in [0.1, 0.15) is 27.2 Å². The minimum atomic E-state index is -4.15. The molecule has 0 radical (unpaired) electrons. The number of rotatable bonds is 3. The van der Waals surface area contributed by atoms with E-state index in [-0.39, 0.29) is 0 Å². The molecule has 1 saturated heterocycles. The maximum atomic E-state index is 12.8. The highest BCUT2D eigenvalue weighted by Gasteiger charge is 2.45. The Morgan fingerprint density at radius 3 is 2.23 bits per heavy atom. The van der Waals surface area contributed by atoms with Gasteiger partial charge in [-0.3, -0.25) is 9.89 Å². The Kier molecular flexibility index (Phi) is 4.94. The molecular weight excluding hydrogens is 293 g/mol. The molecule has 1 heterocycles. The Hall–Kier alpha value is -0.980. The van der Waals surface area contributed by atoms with E-state index in [0.29, 0.717) is 37.5 Å². The summed E-state index contributed by atoms with van der Waals surface area (Å²) < 4.78 is 38.3. The predicted molar refractivity (Wildman–Crippen MR) is 81.9 cm³/mol. The van der Waals surface area contributed by atoms with Gasteiger partial charge in [0, 0.05) is 39.8 Å². The van der Waals surface area contributed by atoms with Crippen molar-refractivity contribution >= 4 is 5.96 Å². The number of piperazine rings is 1. The summed E-state index contributed by atoms with van der Waals surface area (Å²) in [5, 5.41) is 3.37. The minimum Gasteiger partial charge on any atom is -0.356 e. The van der Waals surface area contributed by atoms with Gasteiger partial charge in [-0.05, 0) is 24.7 Å². The van der Waals surface area contributed by atoms with Gasteiger partial charge < -0.3 is 10.2 Å². The van der Waals surface area contributed by atoms with Crippen molar-refractivity contribution in [2.75, 3.05) is 39.8 Å². The van der Waals surface area contributed by atoms with Crippen molar-refractivity contribution in [1.82, 2.24) is 15.1 Å². The number of hydrogen-bond acceptors (Lipinski definition) is 2. The third-order valence-electron chi connectivity index (χ3n) is 5.07. The molecule has 7 heteroatoms. The van der Waals surface area contributed by atoms with Gasteiger partial charge in [-0.1, -0.05) is 13.8 Å². The molecule has 2 aliphatic rings. The summed E-state index contributed by atoms with van der Waals surface area (Å²) in [6.45, 7) is 8.60. The lowest BCUT2D eigenvalue weighted by Gasteiger charge is -2.39. The van der Waals surface area contributed by atoms with Crippen LogP contribution in [0, 0.1) is 11.3 Å². The average Bonchev–Trinajstić information content (AvgIpc) is 3.06. The van der Waals surface area contributed by atoms with Gasteiger partial charge in [0.25, 0.3) is 0 Å². The first-order valence-electron chi connectivity index (χ1n) is 7.91. The number of alkyl halides is 3. The van der Waals surface area contributed by atoms with E-state index in [4.69, 9.17) is 0 Å². The largest absolute Gasteiger partial charge is 0.403 e. The van der Waals surface area contributed by atoms with Crippen LogP contribution in [0.2, 0.25) is 0 Å². The first-order chi connectivity index (χ1) is 10.1. The Labute approximate surface area is 130 Å². The molecule has 0 aromatic rings. The van der Waals surface area contributed by atoms with Crippen LogP contribution in [0.25, 0.3) is 0 Å². The second-order valence-electron chi connectivity index (χ2n) is 7.06. The van der Waals surface area contributed by atoms with Gasteiger partial charge in [0.15, 0.2) is 5.96 Å². The summed E-state index contributed by atoms with van der Waals surface area (Å²) in [4.78, 5) is 7.81. The lowest BCUT2D eigenvalue weighted by atomic mass is 10.1. The van der Waals surface area contributed by atoms with Crippen molar-refractivity contribution in [3.8, 4) is 0 Å². The van der Waals surface area contributed by atoms with Crippen molar-refractivity contribution < 1.29 is 13.2 Å². The van der Waals surface area contributed by atoms with Crippen LogP contribution in [0.15, 0.2) is 4.99 Å². The molecule has 22 heavy (non-hydrogen) atoms. The zero-order chi connectivity index (χ0) is 16.5. The third kappa shape index (κ3) is 4.06. The highest BCUT2D eigenvalue weighted by molar-refractivity contribution is 5.80. The SMILES string of the molecule is CN=C(NCC1CC1(C)C)N1CCN(C(C)C(F)(F)F)CC1. The topological polar surface area (TPSA) is 30.9 Å². The molecule has 0 amide bonds. The van der Waals surface area contributed by atoms with Crippen LogP contribution in [0.4, 0.5) is 13.2 Å². The van der Waals surface area contributed by atoms with Gasteiger partial charge in [-0.25, -0.2) is 0 Å². The quantitative estimate of drug-likeness (QED) is 0.639. The molecule has 1 aliphatic heterocycles. The molecule has 2 atom stereocenters. The molecule has 0 bridgehead atoms. The highest BCUT2D eigenvalue weighted by Crippen LogP contribution is 2.50. The van der Waals surface area contributed by atoms with Crippen LogP contribution < -0.4 is 5.32 Å². The van der Waals surface area contributed by atoms with Crippen LogP contribution in [-0.4, -0.2) is 67.7 Å². The number of nitrogens with one attached hydrogen (secondary N) is 1. The summed E-state index contributed by atoms with van der Waals surface area (Å²) >= 11 is 0. The van der Waals surface area contributed by atoms with Crippen molar-refractivity contribution in [2.45, 2.75) is 39.4 Å². The number of nitrogens with zero attached hydrogens (tertiary/aromatic N) is 3. The smallest absolute Gasteiger partial charge is 0.356 e. The zero-order valence-electron chi connectivity index (χ0n) is 13.9. The summed E-state index contributed by atoms with van der Waals surface area (Å²) in [5.74, 6) is 1.47. The van der Waals surface area contributed by atoms with E-state index in [1.54, 1.807) is 7.05 Å². The van der Waals surface area contributed by atoms with Crippen molar-refractivity contribution in [3.63, 3.8) is 0 Å². The van der Waals surface area contributed by atoms with E-state index < -0.39 is 12.2 Å². The van der Waals surface area contributed by atoms with E-state index >= 15 is 0 Å². The van der Waals surface area contributed by atoms with E-state index in [1.165, 1.54) is 18.2 Å². The molecule has 0 spiro atoms. The Bertz CT molecular complexity index is 412. The summed E-state index contributed by atoms with van der Waals surface area (Å²) in [6.07, 6.45) is -2.94. The van der Waals surface area contributed by atoms with E-state index in [9.17, 15) is 13.2 Å². The number of aliphatic imine (C=N–C) groups is 1. The fourth-order valence-corrected chi connectivity index (χ4v) is 3.00. The zero-order valence-corrected chi connectivity index (χ0v) is 13.9. The van der Waals surface area contributed by atoms with Gasteiger partial charge in [0.05, 0.1) is 0 Å². The number of hydrogen-bond donors (Lipinski definition) is 1. The van der Waals surface area contributed by atoms with Crippen molar-refractivity contribution in [1.29, 1.82) is 0 Å². The second kappa shape index (κ2) is 6.26. The molecule has 1 N–H and O–H groups in total. The average molecular weight is 320 g/mol. The van der Waals surface area contributed by atoms with Crippen LogP contribution in [-0.2, 0) is 0 Å². The van der Waals surface area contributed by atoms with E-state index in [0.717, 1.165) is 12.5 Å². The third-order valence-corrected chi connectivity index (χ3v) is 5.07. The molecule has 0 aromatic heterocycles. The van der Waals surface area contributed by atoms with Crippen LogP contribution in [0.5, 0.6) is 0 Å². The standard InChI is InChI=1S/C15H27F3N4/c1-11(15(16,17)18)21-5-7-22(8-6-21)13(19-4)20-10-12-9-14(12,2)3/h11-12H,5-10H2,1-4H3,(H,19,20). The van der Waals surface area contributed by atoms with Gasteiger partial charge in [0.2, 0.25) is 0 Å². The number of halogens is 3. The maximum absolute atomic E-state index is 12.8. The Morgan fingerprint density at radius 2 is 1.82 bits per heavy atom. The van der Waals surface area contributed by atoms with Crippen molar-refractivity contribution in [3.05, 3.63) is 0 Å². The fraction of sp³-hybridized carbons (Fsp3) is 0.933. The summed E-state index contributed by atoms with van der Waals surface area (Å²) in [7, 11) is 1.73. The second-order valence-corrected chi connectivity index (χ2v) is 7.06. The number of guanidine groups is 1. The van der Waals surface area contributed by atoms with Crippen LogP contribution in [0.3, 0.4) is 0 Å². The first-order valence-corrected chi connectivity index (χ1v) is 7.91. The molecule has 128 valence electrons. The highest BCUT2D eigenvalue weighted by atomic mass is 19.4. The summed E-state index contributed by atoms with van der Waals surface area (Å²) in [5.41, 5.74) is 0.409. The van der Waals surface area contributed by atoms with Gasteiger partial charge in [0.1, 0.15) is 6.04 Å². The van der Waals surface area contributed by atoms with E-state index in [1.807, 2.05) is 0 Å². The van der Waals surface area contributed by atoms with Gasteiger partial charge >= 0.3 is 6.18 Å². The molecule has 2 fully saturated rings. The lowest BCUT2D eigenvalue weighted by Crippen LogP contribution is -2.56. The molecular formula is C15H27F3N4. The molecule has 4 nitrogen and oxygen atoms in total.